The molecule has 6 nitrogen and oxygen atoms in total. The van der Waals surface area contributed by atoms with Crippen LogP contribution >= 0.6 is 11.6 Å². The van der Waals surface area contributed by atoms with Gasteiger partial charge in [-0.1, -0.05) is 11.6 Å². The van der Waals surface area contributed by atoms with Gasteiger partial charge in [0.1, 0.15) is 12.3 Å². The zero-order valence-corrected chi connectivity index (χ0v) is 15.9. The van der Waals surface area contributed by atoms with Gasteiger partial charge in [0, 0.05) is 11.4 Å². The van der Waals surface area contributed by atoms with Crippen molar-refractivity contribution in [2.75, 3.05) is 12.4 Å². The van der Waals surface area contributed by atoms with Gasteiger partial charge >= 0.3 is 6.18 Å². The van der Waals surface area contributed by atoms with Gasteiger partial charge < -0.3 is 10.1 Å². The molecule has 3 rings (SSSR count). The number of hydrogen-bond acceptors (Lipinski definition) is 4. The smallest absolute Gasteiger partial charge is 0.417 e. The number of carbonyl (C=O) groups excluding carboxylic acids is 1. The lowest BCUT2D eigenvalue weighted by molar-refractivity contribution is -0.136. The molecule has 0 atom stereocenters. The van der Waals surface area contributed by atoms with Crippen LogP contribution in [0.5, 0.6) is 5.75 Å². The lowest BCUT2D eigenvalue weighted by atomic mass is 10.1. The quantitative estimate of drug-likeness (QED) is 0.691. The number of carbonyl (C=O) groups is 1. The van der Waals surface area contributed by atoms with Gasteiger partial charge in [-0.05, 0) is 38.1 Å². The van der Waals surface area contributed by atoms with Crippen LogP contribution in [0.4, 0.5) is 18.9 Å². The summed E-state index contributed by atoms with van der Waals surface area (Å²) in [6, 6.07) is 5.67. The lowest BCUT2D eigenvalue weighted by Gasteiger charge is -2.10. The van der Waals surface area contributed by atoms with Gasteiger partial charge in [-0.25, -0.2) is 9.67 Å². The Balaban J connectivity index is 1.91. The summed E-state index contributed by atoms with van der Waals surface area (Å²) in [5.41, 5.74) is -0.0589. The average molecular weight is 413 g/mol. The fraction of sp³-hybridized carbons (Fsp3) is 0.278. The molecule has 0 aliphatic heterocycles. The molecule has 2 aromatic heterocycles. The highest BCUT2D eigenvalue weighted by atomic mass is 35.5. The van der Waals surface area contributed by atoms with E-state index in [1.54, 1.807) is 12.1 Å². The van der Waals surface area contributed by atoms with Crippen molar-refractivity contribution < 1.29 is 22.7 Å². The predicted octanol–water partition coefficient (Wildman–Crippen LogP) is 4.37. The zero-order valence-electron chi connectivity index (χ0n) is 15.2. The molecule has 0 aliphatic rings. The molecule has 0 radical (unpaired) electrons. The van der Waals surface area contributed by atoms with E-state index in [0.717, 1.165) is 10.7 Å². The van der Waals surface area contributed by atoms with E-state index >= 15 is 0 Å². The Labute approximate surface area is 163 Å². The Morgan fingerprint density at radius 2 is 2.00 bits per heavy atom. The number of rotatable bonds is 4. The number of pyridine rings is 1. The number of nitrogens with zero attached hydrogens (tertiary/aromatic N) is 3. The van der Waals surface area contributed by atoms with E-state index < -0.39 is 17.6 Å². The summed E-state index contributed by atoms with van der Waals surface area (Å²) in [7, 11) is 1.47. The number of nitrogens with one attached hydrogen (secondary N) is 1. The summed E-state index contributed by atoms with van der Waals surface area (Å²) in [5.74, 6) is -0.0322. The Morgan fingerprint density at radius 3 is 2.61 bits per heavy atom. The third-order valence-corrected chi connectivity index (χ3v) is 4.34. The van der Waals surface area contributed by atoms with E-state index in [-0.39, 0.29) is 29.0 Å². The van der Waals surface area contributed by atoms with Crippen LogP contribution in [0.2, 0.25) is 5.02 Å². The number of alkyl halides is 3. The molecular weight excluding hydrogens is 397 g/mol. The van der Waals surface area contributed by atoms with Crippen molar-refractivity contribution in [3.8, 4) is 5.75 Å². The first-order chi connectivity index (χ1) is 13.1. The Kier molecular flexibility index (Phi) is 5.20. The second kappa shape index (κ2) is 7.31. The minimum atomic E-state index is -4.55. The summed E-state index contributed by atoms with van der Waals surface area (Å²) in [6.45, 7) is 2.61. The van der Waals surface area contributed by atoms with E-state index in [9.17, 15) is 18.0 Å². The second-order valence-electron chi connectivity index (χ2n) is 6.15. The van der Waals surface area contributed by atoms with E-state index in [1.165, 1.54) is 27.0 Å². The number of hydrogen-bond donors (Lipinski definition) is 1. The molecule has 0 bridgehead atoms. The van der Waals surface area contributed by atoms with Crippen molar-refractivity contribution in [1.29, 1.82) is 0 Å². The molecule has 148 valence electrons. The predicted molar refractivity (Wildman–Crippen MR) is 98.6 cm³/mol. The van der Waals surface area contributed by atoms with Crippen LogP contribution in [0.15, 0.2) is 24.3 Å². The van der Waals surface area contributed by atoms with Gasteiger partial charge in [0.15, 0.2) is 5.65 Å². The van der Waals surface area contributed by atoms with Crippen molar-refractivity contribution >= 4 is 34.2 Å². The van der Waals surface area contributed by atoms with Crippen LogP contribution in [-0.2, 0) is 17.5 Å². The number of benzene rings is 1. The second-order valence-corrected chi connectivity index (χ2v) is 6.56. The fourth-order valence-electron chi connectivity index (χ4n) is 2.89. The third-order valence-electron chi connectivity index (χ3n) is 4.04. The number of ether oxygens (including phenoxy) is 1. The average Bonchev–Trinajstić information content (AvgIpc) is 2.89. The van der Waals surface area contributed by atoms with Gasteiger partial charge in [-0.15, -0.1) is 0 Å². The molecule has 1 aromatic carbocycles. The van der Waals surface area contributed by atoms with Crippen LogP contribution in [0, 0.1) is 13.8 Å². The Bertz CT molecular complexity index is 1060. The number of halogens is 4. The van der Waals surface area contributed by atoms with Gasteiger partial charge in [0.25, 0.3) is 0 Å². The maximum absolute atomic E-state index is 13.4. The number of anilines is 1. The normalized spacial score (nSPS) is 11.7. The van der Waals surface area contributed by atoms with Crippen molar-refractivity contribution in [1.82, 2.24) is 14.8 Å². The molecule has 2 heterocycles. The van der Waals surface area contributed by atoms with Crippen LogP contribution in [0.25, 0.3) is 11.0 Å². The molecule has 1 amide bonds. The van der Waals surface area contributed by atoms with Gasteiger partial charge in [-0.3, -0.25) is 4.79 Å². The van der Waals surface area contributed by atoms with Crippen LogP contribution in [-0.4, -0.2) is 27.8 Å². The summed E-state index contributed by atoms with van der Waals surface area (Å²) in [6.07, 6.45) is -4.55. The first-order valence-corrected chi connectivity index (χ1v) is 8.53. The summed E-state index contributed by atoms with van der Waals surface area (Å²) < 4.78 is 46.3. The number of amides is 1. The van der Waals surface area contributed by atoms with Crippen molar-refractivity contribution in [2.45, 2.75) is 26.6 Å². The van der Waals surface area contributed by atoms with Crippen molar-refractivity contribution in [3.63, 3.8) is 0 Å². The van der Waals surface area contributed by atoms with Gasteiger partial charge in [0.05, 0.1) is 28.8 Å². The van der Waals surface area contributed by atoms with Crippen molar-refractivity contribution in [3.05, 3.63) is 46.2 Å². The van der Waals surface area contributed by atoms with Gasteiger partial charge in [-0.2, -0.15) is 18.3 Å². The highest BCUT2D eigenvalue weighted by Crippen LogP contribution is 2.36. The van der Waals surface area contributed by atoms with Crippen LogP contribution < -0.4 is 10.1 Å². The molecule has 0 fully saturated rings. The first-order valence-electron chi connectivity index (χ1n) is 8.15. The highest BCUT2D eigenvalue weighted by Gasteiger charge is 2.35. The monoisotopic (exact) mass is 412 g/mol. The fourth-order valence-corrected chi connectivity index (χ4v) is 3.15. The Hall–Kier alpha value is -2.81. The lowest BCUT2D eigenvalue weighted by Crippen LogP contribution is -2.20. The summed E-state index contributed by atoms with van der Waals surface area (Å²) in [4.78, 5) is 16.5. The molecule has 0 unspecified atom stereocenters. The van der Waals surface area contributed by atoms with E-state index in [1.807, 2.05) is 0 Å². The molecule has 0 saturated heterocycles. The van der Waals surface area contributed by atoms with Gasteiger partial charge in [0.2, 0.25) is 5.91 Å². The van der Waals surface area contributed by atoms with E-state index in [4.69, 9.17) is 16.3 Å². The topological polar surface area (TPSA) is 69.0 Å². The maximum Gasteiger partial charge on any atom is 0.417 e. The largest absolute Gasteiger partial charge is 0.495 e. The first kappa shape index (κ1) is 19.9. The Morgan fingerprint density at radius 1 is 1.29 bits per heavy atom. The molecule has 0 spiro atoms. The maximum atomic E-state index is 13.4. The molecule has 1 N–H and O–H groups in total. The minimum Gasteiger partial charge on any atom is -0.495 e. The molecular formula is C18H16ClF3N4O2. The standard InChI is InChI=1S/C18H16ClF3N4O2/c1-9-6-12(18(20,21)22)16-10(2)25-26(17(16)23-9)8-15(27)24-11-4-5-14(28-3)13(19)7-11/h4-7H,8H2,1-3H3,(H,24,27). The number of aromatic nitrogens is 3. The van der Waals surface area contributed by atoms with Crippen LogP contribution in [0.3, 0.4) is 0 Å². The van der Waals surface area contributed by atoms with Crippen LogP contribution in [0.1, 0.15) is 17.0 Å². The minimum absolute atomic E-state index is 0.00717. The van der Waals surface area contributed by atoms with E-state index in [0.29, 0.717) is 16.5 Å². The van der Waals surface area contributed by atoms with Crippen molar-refractivity contribution in [2.24, 2.45) is 0 Å². The molecule has 10 heteroatoms. The molecule has 3 aromatic rings. The highest BCUT2D eigenvalue weighted by molar-refractivity contribution is 6.32. The summed E-state index contributed by atoms with van der Waals surface area (Å²) >= 11 is 6.02. The number of fused-ring (bicyclic) bond motifs is 1. The third kappa shape index (κ3) is 3.89. The molecule has 28 heavy (non-hydrogen) atoms. The SMILES string of the molecule is COc1ccc(NC(=O)Cn2nc(C)c3c(C(F)(F)F)cc(C)nc32)cc1Cl. The zero-order chi connectivity index (χ0) is 20.6. The van der Waals surface area contributed by atoms with E-state index in [2.05, 4.69) is 15.4 Å². The number of aryl methyl sites for hydroxylation is 2. The molecule has 0 saturated carbocycles. The number of methoxy groups -OCH3 is 1. The summed E-state index contributed by atoms with van der Waals surface area (Å²) in [5, 5.41) is 6.91. The molecule has 0 aliphatic carbocycles.